The molecule has 2 aromatic rings. The number of fused-ring (bicyclic) bond motifs is 1. The SMILES string of the molecule is CC(C)(C)C[C@@H](NC(=O)c1cc2ccccc2[nH]1)C(=O)N[C@H](CC1CCNC1=O)C(=O)CCl. The second-order valence-electron chi connectivity index (χ2n) is 9.73. The molecule has 0 spiro atoms. The highest BCUT2D eigenvalue weighted by molar-refractivity contribution is 6.28. The topological polar surface area (TPSA) is 120 Å². The Hall–Kier alpha value is -2.87. The summed E-state index contributed by atoms with van der Waals surface area (Å²) >= 11 is 5.77. The van der Waals surface area contributed by atoms with Gasteiger partial charge in [-0.1, -0.05) is 39.0 Å². The fraction of sp³-hybridized carbons (Fsp3) is 0.500. The van der Waals surface area contributed by atoms with Crippen molar-refractivity contribution >= 4 is 46.0 Å². The zero-order valence-electron chi connectivity index (χ0n) is 19.2. The number of carbonyl (C=O) groups excluding carboxylic acids is 4. The van der Waals surface area contributed by atoms with Gasteiger partial charge in [0.2, 0.25) is 11.8 Å². The Morgan fingerprint density at radius 3 is 2.48 bits per heavy atom. The second-order valence-corrected chi connectivity index (χ2v) is 10.0. The minimum absolute atomic E-state index is 0.130. The Balaban J connectivity index is 1.76. The summed E-state index contributed by atoms with van der Waals surface area (Å²) in [5.74, 6) is -2.01. The number of aromatic nitrogens is 1. The molecule has 178 valence electrons. The van der Waals surface area contributed by atoms with Gasteiger partial charge >= 0.3 is 0 Å². The van der Waals surface area contributed by atoms with E-state index < -0.39 is 23.9 Å². The maximum atomic E-state index is 13.2. The largest absolute Gasteiger partial charge is 0.356 e. The third-order valence-electron chi connectivity index (χ3n) is 5.73. The van der Waals surface area contributed by atoms with Gasteiger partial charge in [-0.25, -0.2) is 0 Å². The van der Waals surface area contributed by atoms with E-state index in [0.29, 0.717) is 25.1 Å². The molecule has 9 heteroatoms. The third-order valence-corrected chi connectivity index (χ3v) is 6.00. The number of benzene rings is 1. The molecule has 1 saturated heterocycles. The van der Waals surface area contributed by atoms with Gasteiger partial charge in [0.05, 0.1) is 11.9 Å². The van der Waals surface area contributed by atoms with Crippen molar-refractivity contribution in [2.45, 2.75) is 52.1 Å². The Kier molecular flexibility index (Phi) is 7.79. The average molecular weight is 475 g/mol. The van der Waals surface area contributed by atoms with E-state index in [-0.39, 0.29) is 35.3 Å². The highest BCUT2D eigenvalue weighted by atomic mass is 35.5. The van der Waals surface area contributed by atoms with E-state index in [1.807, 2.05) is 45.0 Å². The van der Waals surface area contributed by atoms with E-state index in [1.165, 1.54) is 0 Å². The molecule has 8 nitrogen and oxygen atoms in total. The highest BCUT2D eigenvalue weighted by Crippen LogP contribution is 2.23. The van der Waals surface area contributed by atoms with Gasteiger partial charge in [-0.15, -0.1) is 11.6 Å². The van der Waals surface area contributed by atoms with Crippen molar-refractivity contribution in [3.05, 3.63) is 36.0 Å². The molecule has 1 fully saturated rings. The molecule has 3 atom stereocenters. The summed E-state index contributed by atoms with van der Waals surface area (Å²) in [4.78, 5) is 53.6. The normalized spacial score (nSPS) is 17.9. The molecule has 1 aromatic heterocycles. The monoisotopic (exact) mass is 474 g/mol. The second kappa shape index (κ2) is 10.4. The Morgan fingerprint density at radius 2 is 1.88 bits per heavy atom. The van der Waals surface area contributed by atoms with Gasteiger partial charge in [0.15, 0.2) is 5.78 Å². The van der Waals surface area contributed by atoms with Gasteiger partial charge in [-0.05, 0) is 36.8 Å². The van der Waals surface area contributed by atoms with Crippen LogP contribution in [-0.2, 0) is 14.4 Å². The quantitative estimate of drug-likeness (QED) is 0.417. The zero-order chi connectivity index (χ0) is 24.2. The third kappa shape index (κ3) is 6.57. The van der Waals surface area contributed by atoms with Crippen molar-refractivity contribution < 1.29 is 19.2 Å². The standard InChI is InChI=1S/C24H31ClN4O4/c1-24(2,3)12-19(29-22(32)18-10-14-6-4-5-7-16(14)27-18)23(33)28-17(20(30)13-25)11-15-8-9-26-21(15)31/h4-7,10,15,17,19,27H,8-9,11-13H2,1-3H3,(H,26,31)(H,28,33)(H,29,32)/t15?,17-,19-/m1/s1. The van der Waals surface area contributed by atoms with Crippen LogP contribution in [-0.4, -0.2) is 53.0 Å². The van der Waals surface area contributed by atoms with Crippen molar-refractivity contribution in [3.63, 3.8) is 0 Å². The summed E-state index contributed by atoms with van der Waals surface area (Å²) in [5.41, 5.74) is 0.897. The zero-order valence-corrected chi connectivity index (χ0v) is 19.9. The van der Waals surface area contributed by atoms with Crippen LogP contribution in [0, 0.1) is 11.3 Å². The first-order valence-corrected chi connectivity index (χ1v) is 11.7. The molecule has 0 bridgehead atoms. The number of carbonyl (C=O) groups is 4. The molecular weight excluding hydrogens is 444 g/mol. The number of halogens is 1. The van der Waals surface area contributed by atoms with Crippen LogP contribution in [0.5, 0.6) is 0 Å². The summed E-state index contributed by atoms with van der Waals surface area (Å²) < 4.78 is 0. The van der Waals surface area contributed by atoms with Crippen LogP contribution < -0.4 is 16.0 Å². The van der Waals surface area contributed by atoms with Crippen LogP contribution in [0.3, 0.4) is 0 Å². The lowest BCUT2D eigenvalue weighted by molar-refractivity contribution is -0.129. The van der Waals surface area contributed by atoms with E-state index in [4.69, 9.17) is 11.6 Å². The van der Waals surface area contributed by atoms with Crippen LogP contribution in [0.1, 0.15) is 50.5 Å². The van der Waals surface area contributed by atoms with Crippen LogP contribution in [0.15, 0.2) is 30.3 Å². The number of ketones is 1. The van der Waals surface area contributed by atoms with Gasteiger partial charge in [-0.2, -0.15) is 0 Å². The van der Waals surface area contributed by atoms with E-state index in [2.05, 4.69) is 20.9 Å². The molecule has 0 radical (unpaired) electrons. The average Bonchev–Trinajstić information content (AvgIpc) is 3.37. The first-order valence-electron chi connectivity index (χ1n) is 11.1. The summed E-state index contributed by atoms with van der Waals surface area (Å²) in [6, 6.07) is 7.48. The Labute approximate surface area is 198 Å². The lowest BCUT2D eigenvalue weighted by Gasteiger charge is -2.28. The number of hydrogen-bond donors (Lipinski definition) is 4. The minimum atomic E-state index is -0.892. The molecule has 3 amide bonds. The van der Waals surface area contributed by atoms with Crippen LogP contribution in [0.25, 0.3) is 10.9 Å². The predicted molar refractivity (Wildman–Crippen MR) is 127 cm³/mol. The fourth-order valence-corrected chi connectivity index (χ4v) is 4.23. The number of Topliss-reactive ketones (excluding diaryl/α,β-unsaturated/α-hetero) is 1. The number of nitrogens with one attached hydrogen (secondary N) is 4. The Morgan fingerprint density at radius 1 is 1.15 bits per heavy atom. The molecule has 2 heterocycles. The summed E-state index contributed by atoms with van der Waals surface area (Å²) in [7, 11) is 0. The number of alkyl halides is 1. The predicted octanol–water partition coefficient (Wildman–Crippen LogP) is 2.52. The lowest BCUT2D eigenvalue weighted by Crippen LogP contribution is -2.53. The number of aromatic amines is 1. The van der Waals surface area contributed by atoms with Crippen LogP contribution in [0.2, 0.25) is 0 Å². The number of amides is 3. The van der Waals surface area contributed by atoms with Crippen molar-refractivity contribution in [1.82, 2.24) is 20.9 Å². The number of hydrogen-bond acceptors (Lipinski definition) is 4. The van der Waals surface area contributed by atoms with Crippen molar-refractivity contribution in [2.75, 3.05) is 12.4 Å². The van der Waals surface area contributed by atoms with E-state index in [0.717, 1.165) is 10.9 Å². The van der Waals surface area contributed by atoms with Gasteiger partial charge in [-0.3, -0.25) is 19.2 Å². The molecule has 0 aliphatic carbocycles. The molecule has 33 heavy (non-hydrogen) atoms. The molecule has 0 saturated carbocycles. The smallest absolute Gasteiger partial charge is 0.268 e. The van der Waals surface area contributed by atoms with Crippen molar-refractivity contribution in [2.24, 2.45) is 11.3 Å². The summed E-state index contributed by atoms with van der Waals surface area (Å²) in [6.07, 6.45) is 1.14. The summed E-state index contributed by atoms with van der Waals surface area (Å²) in [5, 5.41) is 9.18. The first kappa shape index (κ1) is 24.8. The molecule has 1 aromatic carbocycles. The lowest BCUT2D eigenvalue weighted by atomic mass is 9.87. The molecular formula is C24H31ClN4O4. The number of rotatable bonds is 9. The van der Waals surface area contributed by atoms with E-state index in [9.17, 15) is 19.2 Å². The minimum Gasteiger partial charge on any atom is -0.356 e. The van der Waals surface area contributed by atoms with Gasteiger partial charge in [0, 0.05) is 23.4 Å². The van der Waals surface area contributed by atoms with Crippen molar-refractivity contribution in [3.8, 4) is 0 Å². The summed E-state index contributed by atoms with van der Waals surface area (Å²) in [6.45, 7) is 6.44. The van der Waals surface area contributed by atoms with Crippen molar-refractivity contribution in [1.29, 1.82) is 0 Å². The molecule has 3 rings (SSSR count). The maximum Gasteiger partial charge on any atom is 0.268 e. The molecule has 1 unspecified atom stereocenters. The first-order chi connectivity index (χ1) is 15.6. The number of para-hydroxylation sites is 1. The van der Waals surface area contributed by atoms with E-state index in [1.54, 1.807) is 6.07 Å². The molecule has 1 aliphatic rings. The van der Waals surface area contributed by atoms with Gasteiger partial charge in [0.1, 0.15) is 11.7 Å². The van der Waals surface area contributed by atoms with Crippen LogP contribution >= 0.6 is 11.6 Å². The Bertz CT molecular complexity index is 1010. The van der Waals surface area contributed by atoms with E-state index >= 15 is 0 Å². The molecule has 4 N–H and O–H groups in total. The maximum absolute atomic E-state index is 13.2. The van der Waals surface area contributed by atoms with Gasteiger partial charge < -0.3 is 20.9 Å². The molecule has 1 aliphatic heterocycles. The highest BCUT2D eigenvalue weighted by Gasteiger charge is 2.34. The number of H-pyrrole nitrogens is 1. The van der Waals surface area contributed by atoms with Gasteiger partial charge in [0.25, 0.3) is 5.91 Å². The van der Waals surface area contributed by atoms with Crippen LogP contribution in [0.4, 0.5) is 0 Å². The fourth-order valence-electron chi connectivity index (χ4n) is 4.04.